The van der Waals surface area contributed by atoms with Gasteiger partial charge in [0, 0.05) is 48.2 Å². The van der Waals surface area contributed by atoms with Gasteiger partial charge in [0.05, 0.1) is 7.11 Å². The Bertz CT molecular complexity index is 968. The lowest BCUT2D eigenvalue weighted by Crippen LogP contribution is -2.40. The number of ether oxygens (including phenoxy) is 1. The number of amides is 1. The van der Waals surface area contributed by atoms with Gasteiger partial charge in [-0.25, -0.2) is 0 Å². The summed E-state index contributed by atoms with van der Waals surface area (Å²) < 4.78 is 7.15. The highest BCUT2D eigenvalue weighted by Gasteiger charge is 2.28. The fraction of sp³-hybridized carbons (Fsp3) is 0.250. The molecule has 148 valence electrons. The Labute approximate surface area is 170 Å². The van der Waals surface area contributed by atoms with E-state index in [1.165, 1.54) is 0 Å². The van der Waals surface area contributed by atoms with Crippen molar-refractivity contribution in [3.05, 3.63) is 84.2 Å². The molecule has 3 aromatic rings. The molecule has 5 nitrogen and oxygen atoms in total. The molecule has 0 N–H and O–H groups in total. The van der Waals surface area contributed by atoms with Crippen LogP contribution in [0.5, 0.6) is 5.75 Å². The van der Waals surface area contributed by atoms with Crippen molar-refractivity contribution in [2.45, 2.75) is 12.8 Å². The van der Waals surface area contributed by atoms with Crippen molar-refractivity contribution in [3.8, 4) is 11.4 Å². The predicted molar refractivity (Wildman–Crippen MR) is 112 cm³/mol. The summed E-state index contributed by atoms with van der Waals surface area (Å²) in [5.41, 5.74) is 2.41. The molecule has 5 heteroatoms. The molecule has 1 aromatic heterocycles. The van der Waals surface area contributed by atoms with Crippen LogP contribution in [-0.4, -0.2) is 41.4 Å². The standard InChI is InChI=1S/C24H24N2O3/c1-29-22-10-6-18(7-11-22)23(27)19-12-16-26(17-13-19)24(28)20-4-8-21(9-5-20)25-14-2-3-15-25/h2-11,14-15,19H,12-13,16-17H2,1H3. The molecule has 1 saturated heterocycles. The zero-order valence-electron chi connectivity index (χ0n) is 16.5. The number of benzene rings is 2. The van der Waals surface area contributed by atoms with Crippen molar-refractivity contribution in [3.63, 3.8) is 0 Å². The number of rotatable bonds is 5. The van der Waals surface area contributed by atoms with Crippen molar-refractivity contribution >= 4 is 11.7 Å². The summed E-state index contributed by atoms with van der Waals surface area (Å²) in [5.74, 6) is 0.878. The second kappa shape index (κ2) is 8.35. The van der Waals surface area contributed by atoms with E-state index in [1.54, 1.807) is 7.11 Å². The molecule has 0 unspecified atom stereocenters. The smallest absolute Gasteiger partial charge is 0.253 e. The van der Waals surface area contributed by atoms with E-state index in [4.69, 9.17) is 4.74 Å². The van der Waals surface area contributed by atoms with Gasteiger partial charge in [-0.1, -0.05) is 0 Å². The monoisotopic (exact) mass is 388 g/mol. The first kappa shape index (κ1) is 19.0. The summed E-state index contributed by atoms with van der Waals surface area (Å²) in [5, 5.41) is 0. The van der Waals surface area contributed by atoms with E-state index in [0.717, 1.165) is 11.4 Å². The number of carbonyl (C=O) groups excluding carboxylic acids is 2. The molecule has 0 spiro atoms. The minimum Gasteiger partial charge on any atom is -0.497 e. The van der Waals surface area contributed by atoms with E-state index >= 15 is 0 Å². The largest absolute Gasteiger partial charge is 0.497 e. The minimum atomic E-state index is -0.0384. The number of hydrogen-bond donors (Lipinski definition) is 0. The van der Waals surface area contributed by atoms with Crippen molar-refractivity contribution < 1.29 is 14.3 Å². The Morgan fingerprint density at radius 3 is 2.03 bits per heavy atom. The average Bonchev–Trinajstić information content (AvgIpc) is 3.33. The first-order chi connectivity index (χ1) is 14.2. The van der Waals surface area contributed by atoms with Gasteiger partial charge in [0.1, 0.15) is 5.75 Å². The zero-order chi connectivity index (χ0) is 20.2. The molecule has 0 aliphatic carbocycles. The highest BCUT2D eigenvalue weighted by Crippen LogP contribution is 2.24. The van der Waals surface area contributed by atoms with Crippen LogP contribution in [0.3, 0.4) is 0 Å². The van der Waals surface area contributed by atoms with Gasteiger partial charge in [0.2, 0.25) is 0 Å². The maximum atomic E-state index is 12.8. The van der Waals surface area contributed by atoms with Crippen LogP contribution >= 0.6 is 0 Å². The van der Waals surface area contributed by atoms with Crippen LogP contribution in [0, 0.1) is 5.92 Å². The van der Waals surface area contributed by atoms with E-state index in [0.29, 0.717) is 37.1 Å². The Morgan fingerprint density at radius 1 is 0.862 bits per heavy atom. The van der Waals surface area contributed by atoms with Crippen LogP contribution < -0.4 is 4.74 Å². The van der Waals surface area contributed by atoms with E-state index < -0.39 is 0 Å². The fourth-order valence-electron chi connectivity index (χ4n) is 3.80. The summed E-state index contributed by atoms with van der Waals surface area (Å²) in [6.07, 6.45) is 5.33. The highest BCUT2D eigenvalue weighted by atomic mass is 16.5. The lowest BCUT2D eigenvalue weighted by molar-refractivity contribution is 0.0650. The normalized spacial score (nSPS) is 14.6. The molecule has 0 bridgehead atoms. The van der Waals surface area contributed by atoms with Gasteiger partial charge in [-0.3, -0.25) is 9.59 Å². The third kappa shape index (κ3) is 4.09. The number of hydrogen-bond acceptors (Lipinski definition) is 3. The summed E-state index contributed by atoms with van der Waals surface area (Å²) in [4.78, 5) is 27.4. The van der Waals surface area contributed by atoms with E-state index in [2.05, 4.69) is 0 Å². The average molecular weight is 388 g/mol. The van der Waals surface area contributed by atoms with Crippen LogP contribution in [0.1, 0.15) is 33.6 Å². The number of methoxy groups -OCH3 is 1. The summed E-state index contributed by atoms with van der Waals surface area (Å²) >= 11 is 0. The van der Waals surface area contributed by atoms with Crippen LogP contribution in [0.25, 0.3) is 5.69 Å². The van der Waals surface area contributed by atoms with Crippen molar-refractivity contribution in [1.29, 1.82) is 0 Å². The first-order valence-electron chi connectivity index (χ1n) is 9.86. The topological polar surface area (TPSA) is 51.5 Å². The van der Waals surface area contributed by atoms with Crippen molar-refractivity contribution in [2.75, 3.05) is 20.2 Å². The van der Waals surface area contributed by atoms with Gasteiger partial charge in [-0.05, 0) is 73.5 Å². The van der Waals surface area contributed by atoms with Crippen LogP contribution in [-0.2, 0) is 0 Å². The summed E-state index contributed by atoms with van der Waals surface area (Å²) in [7, 11) is 1.61. The Kier molecular flexibility index (Phi) is 5.47. The lowest BCUT2D eigenvalue weighted by atomic mass is 9.88. The molecule has 2 heterocycles. The molecule has 0 atom stereocenters. The molecule has 1 fully saturated rings. The molecule has 1 aliphatic heterocycles. The molecule has 1 aliphatic rings. The third-order valence-corrected chi connectivity index (χ3v) is 5.54. The SMILES string of the molecule is COc1ccc(C(=O)C2CCN(C(=O)c3ccc(-n4cccc4)cc3)CC2)cc1. The van der Waals surface area contributed by atoms with Gasteiger partial charge in [-0.2, -0.15) is 0 Å². The molecule has 0 saturated carbocycles. The van der Waals surface area contributed by atoms with Crippen LogP contribution in [0.4, 0.5) is 0 Å². The Hall–Kier alpha value is -3.34. The van der Waals surface area contributed by atoms with Gasteiger partial charge in [-0.15, -0.1) is 0 Å². The van der Waals surface area contributed by atoms with E-state index in [-0.39, 0.29) is 17.6 Å². The third-order valence-electron chi connectivity index (χ3n) is 5.54. The van der Waals surface area contributed by atoms with Crippen molar-refractivity contribution in [2.24, 2.45) is 5.92 Å². The van der Waals surface area contributed by atoms with E-state index in [9.17, 15) is 9.59 Å². The number of Topliss-reactive ketones (excluding diaryl/α,β-unsaturated/α-hetero) is 1. The molecular formula is C24H24N2O3. The Balaban J connectivity index is 1.36. The minimum absolute atomic E-state index is 0.0272. The number of piperidine rings is 1. The highest BCUT2D eigenvalue weighted by molar-refractivity contribution is 5.98. The second-order valence-corrected chi connectivity index (χ2v) is 7.30. The number of nitrogens with zero attached hydrogens (tertiary/aromatic N) is 2. The van der Waals surface area contributed by atoms with E-state index in [1.807, 2.05) is 82.5 Å². The van der Waals surface area contributed by atoms with Crippen LogP contribution in [0.2, 0.25) is 0 Å². The lowest BCUT2D eigenvalue weighted by Gasteiger charge is -2.31. The molecule has 29 heavy (non-hydrogen) atoms. The molecular weight excluding hydrogens is 364 g/mol. The second-order valence-electron chi connectivity index (χ2n) is 7.30. The number of aromatic nitrogens is 1. The summed E-state index contributed by atoms with van der Waals surface area (Å²) in [6.45, 7) is 1.20. The van der Waals surface area contributed by atoms with Gasteiger partial charge >= 0.3 is 0 Å². The molecule has 0 radical (unpaired) electrons. The number of carbonyl (C=O) groups is 2. The van der Waals surface area contributed by atoms with Crippen LogP contribution in [0.15, 0.2) is 73.1 Å². The van der Waals surface area contributed by atoms with Gasteiger partial charge in [0.15, 0.2) is 5.78 Å². The number of likely N-dealkylation sites (tertiary alicyclic amines) is 1. The van der Waals surface area contributed by atoms with Gasteiger partial charge < -0.3 is 14.2 Å². The predicted octanol–water partition coefficient (Wildman–Crippen LogP) is 4.22. The zero-order valence-corrected chi connectivity index (χ0v) is 16.5. The summed E-state index contributed by atoms with van der Waals surface area (Å²) in [6, 6.07) is 18.8. The first-order valence-corrected chi connectivity index (χ1v) is 9.86. The maximum absolute atomic E-state index is 12.8. The quantitative estimate of drug-likeness (QED) is 0.615. The fourth-order valence-corrected chi connectivity index (χ4v) is 3.80. The molecule has 4 rings (SSSR count). The number of ketones is 1. The molecule has 2 aromatic carbocycles. The van der Waals surface area contributed by atoms with Gasteiger partial charge in [0.25, 0.3) is 5.91 Å². The maximum Gasteiger partial charge on any atom is 0.253 e. The Morgan fingerprint density at radius 2 is 1.45 bits per heavy atom. The van der Waals surface area contributed by atoms with Crippen molar-refractivity contribution in [1.82, 2.24) is 9.47 Å². The molecule has 1 amide bonds.